The van der Waals surface area contributed by atoms with Crippen molar-refractivity contribution in [1.29, 1.82) is 0 Å². The molecule has 4 rings (SSSR count). The fraction of sp³-hybridized carbons (Fsp3) is 0.167. The van der Waals surface area contributed by atoms with E-state index in [1.165, 1.54) is 0 Å². The first-order chi connectivity index (χ1) is 14.5. The highest BCUT2D eigenvalue weighted by atomic mass is 32.1. The van der Waals surface area contributed by atoms with Gasteiger partial charge in [0.15, 0.2) is 0 Å². The third-order valence-corrected chi connectivity index (χ3v) is 5.44. The average molecular weight is 418 g/mol. The van der Waals surface area contributed by atoms with Crippen LogP contribution in [0.1, 0.15) is 19.4 Å². The summed E-state index contributed by atoms with van der Waals surface area (Å²) in [4.78, 5) is 5.57. The molecule has 5 nitrogen and oxygen atoms in total. The van der Waals surface area contributed by atoms with Crippen molar-refractivity contribution in [2.24, 2.45) is 10.1 Å². The lowest BCUT2D eigenvalue weighted by atomic mass is 10.1. The van der Waals surface area contributed by atoms with Gasteiger partial charge in [-0.2, -0.15) is 5.10 Å². The van der Waals surface area contributed by atoms with Gasteiger partial charge < -0.3 is 9.84 Å². The Morgan fingerprint density at radius 2 is 1.73 bits per heavy atom. The second-order valence-electron chi connectivity index (χ2n) is 7.20. The Labute approximate surface area is 179 Å². The first-order valence-electron chi connectivity index (χ1n) is 9.69. The molecular weight excluding hydrogens is 394 g/mol. The third-order valence-electron chi connectivity index (χ3n) is 4.61. The lowest BCUT2D eigenvalue weighted by Gasteiger charge is -2.07. The van der Waals surface area contributed by atoms with Gasteiger partial charge in [0, 0.05) is 17.0 Å². The van der Waals surface area contributed by atoms with Gasteiger partial charge in [-0.05, 0) is 72.6 Å². The molecule has 6 heteroatoms. The molecule has 0 bridgehead atoms. The van der Waals surface area contributed by atoms with E-state index in [1.807, 2.05) is 28.9 Å². The molecule has 0 spiro atoms. The number of aromatic nitrogens is 1. The number of thiazole rings is 1. The molecule has 30 heavy (non-hydrogen) atoms. The van der Waals surface area contributed by atoms with Crippen molar-refractivity contribution < 1.29 is 9.84 Å². The van der Waals surface area contributed by atoms with Gasteiger partial charge in [-0.25, -0.2) is 4.68 Å². The maximum absolute atomic E-state index is 9.49. The summed E-state index contributed by atoms with van der Waals surface area (Å²) in [5, 5.41) is 18.5. The van der Waals surface area contributed by atoms with Gasteiger partial charge in [0.25, 0.3) is 0 Å². The van der Waals surface area contributed by atoms with Crippen molar-refractivity contribution in [3.05, 3.63) is 76.4 Å². The summed E-state index contributed by atoms with van der Waals surface area (Å²) >= 11 is 1.57. The number of fused-ring (bicyclic) bond motifs is 1. The van der Waals surface area contributed by atoms with Crippen LogP contribution in [0.5, 0.6) is 11.5 Å². The van der Waals surface area contributed by atoms with E-state index in [4.69, 9.17) is 14.8 Å². The SMILES string of the molecule is COc1ccc2cc(-c3csc(=NC(C)C)n3N=Cc3ccc(O)cc3)ccc2c1. The summed E-state index contributed by atoms with van der Waals surface area (Å²) in [6, 6.07) is 19.5. The van der Waals surface area contributed by atoms with Crippen molar-refractivity contribution in [2.45, 2.75) is 19.9 Å². The molecule has 0 saturated heterocycles. The summed E-state index contributed by atoms with van der Waals surface area (Å²) in [6.45, 7) is 4.10. The Balaban J connectivity index is 1.80. The molecule has 0 aliphatic rings. The number of rotatable bonds is 5. The van der Waals surface area contributed by atoms with Gasteiger partial charge in [-0.3, -0.25) is 4.99 Å². The third kappa shape index (κ3) is 4.28. The van der Waals surface area contributed by atoms with Gasteiger partial charge in [0.2, 0.25) is 4.80 Å². The monoisotopic (exact) mass is 417 g/mol. The van der Waals surface area contributed by atoms with Crippen molar-refractivity contribution in [1.82, 2.24) is 4.68 Å². The zero-order valence-corrected chi connectivity index (χ0v) is 17.9. The zero-order valence-electron chi connectivity index (χ0n) is 17.1. The predicted octanol–water partition coefficient (Wildman–Crippen LogP) is 5.28. The maximum atomic E-state index is 9.49. The quantitative estimate of drug-likeness (QED) is 0.449. The fourth-order valence-electron chi connectivity index (χ4n) is 3.11. The molecule has 0 amide bonds. The van der Waals surface area contributed by atoms with Crippen molar-refractivity contribution in [3.63, 3.8) is 0 Å². The zero-order chi connectivity index (χ0) is 21.1. The second-order valence-corrected chi connectivity index (χ2v) is 8.04. The van der Waals surface area contributed by atoms with Crippen LogP contribution in [0.2, 0.25) is 0 Å². The normalized spacial score (nSPS) is 12.3. The van der Waals surface area contributed by atoms with Crippen LogP contribution < -0.4 is 9.54 Å². The highest BCUT2D eigenvalue weighted by Crippen LogP contribution is 2.27. The van der Waals surface area contributed by atoms with Crippen molar-refractivity contribution in [3.8, 4) is 22.8 Å². The van der Waals surface area contributed by atoms with Gasteiger partial charge in [0.1, 0.15) is 11.5 Å². The van der Waals surface area contributed by atoms with E-state index in [0.29, 0.717) is 0 Å². The molecule has 0 atom stereocenters. The number of phenolic OH excluding ortho intramolecular Hbond substituents is 1. The van der Waals surface area contributed by atoms with Crippen LogP contribution in [-0.4, -0.2) is 29.1 Å². The molecule has 0 fully saturated rings. The summed E-state index contributed by atoms with van der Waals surface area (Å²) in [5.74, 6) is 1.08. The Morgan fingerprint density at radius 3 is 2.47 bits per heavy atom. The smallest absolute Gasteiger partial charge is 0.206 e. The standard InChI is InChI=1S/C24H23N3O2S/c1-16(2)26-24-27(25-14-17-4-9-21(28)10-5-17)23(15-30-24)20-7-6-19-13-22(29-3)11-8-18(19)12-20/h4-16,28H,1-3H3. The number of ether oxygens (including phenoxy) is 1. The lowest BCUT2D eigenvalue weighted by molar-refractivity contribution is 0.415. The molecule has 152 valence electrons. The van der Waals surface area contributed by atoms with Crippen molar-refractivity contribution >= 4 is 28.3 Å². The average Bonchev–Trinajstić information content (AvgIpc) is 3.14. The van der Waals surface area contributed by atoms with Gasteiger partial charge >= 0.3 is 0 Å². The number of hydrogen-bond donors (Lipinski definition) is 1. The van der Waals surface area contributed by atoms with E-state index in [0.717, 1.165) is 38.1 Å². The first-order valence-corrected chi connectivity index (χ1v) is 10.6. The molecule has 0 radical (unpaired) electrons. The lowest BCUT2D eigenvalue weighted by Crippen LogP contribution is -2.14. The molecular formula is C24H23N3O2S. The van der Waals surface area contributed by atoms with E-state index < -0.39 is 0 Å². The first kappa shape index (κ1) is 19.9. The van der Waals surface area contributed by atoms with Crippen LogP contribution in [0.15, 0.2) is 76.1 Å². The van der Waals surface area contributed by atoms with E-state index >= 15 is 0 Å². The minimum atomic E-state index is 0.163. The number of phenols is 1. The molecule has 3 aromatic carbocycles. The van der Waals surface area contributed by atoms with E-state index in [9.17, 15) is 5.11 Å². The minimum absolute atomic E-state index is 0.163. The Morgan fingerprint density at radius 1 is 1.00 bits per heavy atom. The molecule has 1 heterocycles. The number of methoxy groups -OCH3 is 1. The summed E-state index contributed by atoms with van der Waals surface area (Å²) in [6.07, 6.45) is 1.78. The highest BCUT2D eigenvalue weighted by Gasteiger charge is 2.09. The topological polar surface area (TPSA) is 59.1 Å². The summed E-state index contributed by atoms with van der Waals surface area (Å²) < 4.78 is 7.21. The number of aromatic hydroxyl groups is 1. The molecule has 0 aliphatic carbocycles. The summed E-state index contributed by atoms with van der Waals surface area (Å²) in [7, 11) is 1.68. The van der Waals surface area contributed by atoms with Gasteiger partial charge in [0.05, 0.1) is 19.0 Å². The second kappa shape index (κ2) is 8.55. The number of nitrogens with zero attached hydrogens (tertiary/aromatic N) is 3. The van der Waals surface area contributed by atoms with Crippen LogP contribution in [-0.2, 0) is 0 Å². The molecule has 0 unspecified atom stereocenters. The molecule has 1 aromatic heterocycles. The van der Waals surface area contributed by atoms with E-state index in [1.54, 1.807) is 36.8 Å². The van der Waals surface area contributed by atoms with E-state index in [-0.39, 0.29) is 11.8 Å². The molecule has 0 aliphatic heterocycles. The molecule has 0 saturated carbocycles. The fourth-order valence-corrected chi connectivity index (χ4v) is 4.08. The predicted molar refractivity (Wildman–Crippen MR) is 124 cm³/mol. The Hall–Kier alpha value is -3.38. The van der Waals surface area contributed by atoms with Gasteiger partial charge in [-0.1, -0.05) is 18.2 Å². The van der Waals surface area contributed by atoms with Crippen molar-refractivity contribution in [2.75, 3.05) is 7.11 Å². The van der Waals surface area contributed by atoms with Crippen LogP contribution in [0.4, 0.5) is 0 Å². The van der Waals surface area contributed by atoms with Crippen LogP contribution in [0.3, 0.4) is 0 Å². The Bertz CT molecular complexity index is 1270. The molecule has 4 aromatic rings. The largest absolute Gasteiger partial charge is 0.508 e. The van der Waals surface area contributed by atoms with Gasteiger partial charge in [-0.15, -0.1) is 11.3 Å². The van der Waals surface area contributed by atoms with Crippen LogP contribution >= 0.6 is 11.3 Å². The van der Waals surface area contributed by atoms with Crippen LogP contribution in [0, 0.1) is 0 Å². The minimum Gasteiger partial charge on any atom is -0.508 e. The summed E-state index contributed by atoms with van der Waals surface area (Å²) in [5.41, 5.74) is 2.95. The highest BCUT2D eigenvalue weighted by molar-refractivity contribution is 7.07. The molecule has 1 N–H and O–H groups in total. The number of benzene rings is 3. The maximum Gasteiger partial charge on any atom is 0.206 e. The Kier molecular flexibility index (Phi) is 5.68. The number of hydrogen-bond acceptors (Lipinski definition) is 5. The van der Waals surface area contributed by atoms with E-state index in [2.05, 4.69) is 43.5 Å². The van der Waals surface area contributed by atoms with Crippen LogP contribution in [0.25, 0.3) is 22.0 Å².